The molecule has 0 saturated carbocycles. The maximum Gasteiger partial charge on any atom is -0.0184 e. The smallest absolute Gasteiger partial charge is 0.0184 e. The summed E-state index contributed by atoms with van der Waals surface area (Å²) in [6.07, 6.45) is 19.9. The Labute approximate surface area is 146 Å². The zero-order chi connectivity index (χ0) is 16.6. The van der Waals surface area contributed by atoms with Crippen molar-refractivity contribution in [1.82, 2.24) is 0 Å². The molecular weight excluding hydrogens is 276 g/mol. The normalized spacial score (nSPS) is 12.4. The highest BCUT2D eigenvalue weighted by Gasteiger charge is 2.03. The second kappa shape index (κ2) is 14.8. The molecule has 23 heavy (non-hydrogen) atoms. The Bertz CT molecular complexity index is 340. The van der Waals surface area contributed by atoms with Crippen molar-refractivity contribution in [3.05, 3.63) is 35.9 Å². The molecule has 0 fully saturated rings. The average Bonchev–Trinajstić information content (AvgIpc) is 2.59. The van der Waals surface area contributed by atoms with Crippen LogP contribution in [0.5, 0.6) is 0 Å². The molecule has 0 aliphatic heterocycles. The first kappa shape index (κ1) is 20.3. The van der Waals surface area contributed by atoms with Gasteiger partial charge in [-0.15, -0.1) is 0 Å². The molecule has 0 heterocycles. The maximum atomic E-state index is 3.10. The van der Waals surface area contributed by atoms with Crippen molar-refractivity contribution in [2.24, 2.45) is 5.92 Å². The minimum absolute atomic E-state index is 0.873. The van der Waals surface area contributed by atoms with Crippen LogP contribution < -0.4 is 0 Å². The van der Waals surface area contributed by atoms with Gasteiger partial charge in [0.1, 0.15) is 0 Å². The number of rotatable bonds is 15. The lowest BCUT2D eigenvalue weighted by atomic mass is 9.95. The van der Waals surface area contributed by atoms with Gasteiger partial charge in [0.25, 0.3) is 0 Å². The van der Waals surface area contributed by atoms with E-state index in [1.54, 1.807) is 0 Å². The van der Waals surface area contributed by atoms with Gasteiger partial charge in [-0.1, -0.05) is 115 Å². The first-order chi connectivity index (χ1) is 11.3. The van der Waals surface area contributed by atoms with Crippen molar-refractivity contribution in [3.8, 4) is 0 Å². The van der Waals surface area contributed by atoms with E-state index in [1.807, 2.05) is 12.1 Å². The average molecular weight is 316 g/mol. The zero-order valence-corrected chi connectivity index (χ0v) is 15.8. The fraction of sp³-hybridized carbons (Fsp3) is 0.739. The minimum Gasteiger partial charge on any atom is -0.0654 e. The van der Waals surface area contributed by atoms with Gasteiger partial charge in [-0.05, 0) is 30.4 Å². The topological polar surface area (TPSA) is 0 Å². The summed E-state index contributed by atoms with van der Waals surface area (Å²) in [5.41, 5.74) is 1.47. The third-order valence-corrected chi connectivity index (χ3v) is 5.01. The van der Waals surface area contributed by atoms with Crippen LogP contribution in [0.2, 0.25) is 0 Å². The quantitative estimate of drug-likeness (QED) is 0.290. The third-order valence-electron chi connectivity index (χ3n) is 5.01. The van der Waals surface area contributed by atoms with Crippen molar-refractivity contribution in [3.63, 3.8) is 0 Å². The predicted octanol–water partition coefficient (Wildman–Crippen LogP) is 7.76. The molecule has 0 aromatic heterocycles. The molecule has 131 valence electrons. The summed E-state index contributed by atoms with van der Waals surface area (Å²) in [6.45, 7) is 4.71. The minimum atomic E-state index is 0.873. The number of hydrogen-bond acceptors (Lipinski definition) is 0. The Morgan fingerprint density at radius 1 is 0.739 bits per heavy atom. The largest absolute Gasteiger partial charge is 0.0654 e. The molecule has 0 aliphatic rings. The molecule has 1 radical (unpaired) electrons. The van der Waals surface area contributed by atoms with E-state index in [1.165, 1.54) is 95.5 Å². The highest BCUT2D eigenvalue weighted by molar-refractivity contribution is 5.13. The molecule has 0 nitrogen and oxygen atoms in total. The van der Waals surface area contributed by atoms with Crippen LogP contribution in [0.4, 0.5) is 0 Å². The fourth-order valence-electron chi connectivity index (χ4n) is 3.30. The van der Waals surface area contributed by atoms with Crippen LogP contribution in [0.3, 0.4) is 0 Å². The standard InChI is InChI=1S/C23H39/c1-3-4-5-6-7-8-9-10-11-12-14-17-22(2)20-21-23-18-15-13-16-19-23/h15-16,18-19,22H,3-12,14,17,20-21H2,1-2H3. The van der Waals surface area contributed by atoms with E-state index >= 15 is 0 Å². The molecule has 0 heteroatoms. The monoisotopic (exact) mass is 315 g/mol. The Morgan fingerprint density at radius 3 is 1.83 bits per heavy atom. The molecule has 0 aliphatic carbocycles. The second-order valence-electron chi connectivity index (χ2n) is 7.38. The van der Waals surface area contributed by atoms with Crippen LogP contribution in [0.15, 0.2) is 24.3 Å². The van der Waals surface area contributed by atoms with Crippen LogP contribution in [-0.4, -0.2) is 0 Å². The van der Waals surface area contributed by atoms with E-state index in [4.69, 9.17) is 0 Å². The van der Waals surface area contributed by atoms with Crippen molar-refractivity contribution >= 4 is 0 Å². The van der Waals surface area contributed by atoms with Crippen LogP contribution >= 0.6 is 0 Å². The van der Waals surface area contributed by atoms with Gasteiger partial charge in [0.2, 0.25) is 0 Å². The van der Waals surface area contributed by atoms with Gasteiger partial charge in [-0.25, -0.2) is 0 Å². The van der Waals surface area contributed by atoms with Crippen molar-refractivity contribution in [2.75, 3.05) is 0 Å². The first-order valence-corrected chi connectivity index (χ1v) is 10.3. The molecule has 0 N–H and O–H groups in total. The predicted molar refractivity (Wildman–Crippen MR) is 104 cm³/mol. The molecule has 1 aromatic rings. The van der Waals surface area contributed by atoms with Gasteiger partial charge in [0, 0.05) is 0 Å². The van der Waals surface area contributed by atoms with Crippen LogP contribution in [0.25, 0.3) is 0 Å². The maximum absolute atomic E-state index is 3.10. The summed E-state index contributed by atoms with van der Waals surface area (Å²) in [5, 5.41) is 0. The van der Waals surface area contributed by atoms with Gasteiger partial charge in [-0.3, -0.25) is 0 Å². The SMILES string of the molecule is CCCCCCCCCCCCCC(C)CCc1cc[c]cc1. The highest BCUT2D eigenvalue weighted by Crippen LogP contribution is 2.17. The molecular formula is C23H39. The highest BCUT2D eigenvalue weighted by atomic mass is 14.1. The Balaban J connectivity index is 1.83. The van der Waals surface area contributed by atoms with Crippen molar-refractivity contribution in [1.29, 1.82) is 0 Å². The van der Waals surface area contributed by atoms with Gasteiger partial charge in [-0.2, -0.15) is 0 Å². The lowest BCUT2D eigenvalue weighted by molar-refractivity contribution is 0.454. The van der Waals surface area contributed by atoms with Crippen LogP contribution in [0.1, 0.15) is 103 Å². The molecule has 0 bridgehead atoms. The van der Waals surface area contributed by atoms with Gasteiger partial charge >= 0.3 is 0 Å². The van der Waals surface area contributed by atoms with Crippen LogP contribution in [0, 0.1) is 12.0 Å². The van der Waals surface area contributed by atoms with Crippen molar-refractivity contribution in [2.45, 2.75) is 104 Å². The Kier molecular flexibility index (Phi) is 13.0. The van der Waals surface area contributed by atoms with E-state index in [-0.39, 0.29) is 0 Å². The lowest BCUT2D eigenvalue weighted by Gasteiger charge is -2.11. The molecule has 1 atom stereocenters. The fourth-order valence-corrected chi connectivity index (χ4v) is 3.30. The first-order valence-electron chi connectivity index (χ1n) is 10.3. The van der Waals surface area contributed by atoms with E-state index in [0.29, 0.717) is 0 Å². The molecule has 0 saturated heterocycles. The summed E-state index contributed by atoms with van der Waals surface area (Å²) in [5.74, 6) is 0.873. The van der Waals surface area contributed by atoms with Gasteiger partial charge < -0.3 is 0 Å². The molecule has 0 spiro atoms. The molecule has 0 amide bonds. The summed E-state index contributed by atoms with van der Waals surface area (Å²) in [4.78, 5) is 0. The third kappa shape index (κ3) is 12.3. The molecule has 1 unspecified atom stereocenters. The van der Waals surface area contributed by atoms with Gasteiger partial charge in [0.15, 0.2) is 0 Å². The van der Waals surface area contributed by atoms with Crippen molar-refractivity contribution < 1.29 is 0 Å². The summed E-state index contributed by atoms with van der Waals surface area (Å²) in [6, 6.07) is 11.6. The number of unbranched alkanes of at least 4 members (excludes halogenated alkanes) is 10. The summed E-state index contributed by atoms with van der Waals surface area (Å²) in [7, 11) is 0. The number of aryl methyl sites for hydroxylation is 1. The molecule has 1 rings (SSSR count). The van der Waals surface area contributed by atoms with Crippen LogP contribution in [-0.2, 0) is 6.42 Å². The summed E-state index contributed by atoms with van der Waals surface area (Å²) < 4.78 is 0. The second-order valence-corrected chi connectivity index (χ2v) is 7.38. The summed E-state index contributed by atoms with van der Waals surface area (Å²) >= 11 is 0. The number of hydrogen-bond donors (Lipinski definition) is 0. The lowest BCUT2D eigenvalue weighted by Crippen LogP contribution is -1.97. The van der Waals surface area contributed by atoms with E-state index < -0.39 is 0 Å². The van der Waals surface area contributed by atoms with E-state index in [2.05, 4.69) is 32.0 Å². The Hall–Kier alpha value is -0.780. The number of benzene rings is 1. The van der Waals surface area contributed by atoms with E-state index in [0.717, 1.165) is 5.92 Å². The van der Waals surface area contributed by atoms with Gasteiger partial charge in [0.05, 0.1) is 0 Å². The zero-order valence-electron chi connectivity index (χ0n) is 15.8. The Morgan fingerprint density at radius 2 is 1.26 bits per heavy atom. The molecule has 1 aromatic carbocycles. The van der Waals surface area contributed by atoms with E-state index in [9.17, 15) is 0 Å².